The van der Waals surface area contributed by atoms with Crippen molar-refractivity contribution in [3.05, 3.63) is 65.7 Å². The fourth-order valence-corrected chi connectivity index (χ4v) is 3.48. The SMILES string of the molecule is CC(C)(C)NS(=O)(=O)c1ccc(C(=O)NOCc2ccccc2)cc1. The lowest BCUT2D eigenvalue weighted by molar-refractivity contribution is 0.0233. The Hall–Kier alpha value is -2.22. The number of amides is 1. The van der Waals surface area contributed by atoms with Crippen molar-refractivity contribution in [1.82, 2.24) is 10.2 Å². The summed E-state index contributed by atoms with van der Waals surface area (Å²) in [4.78, 5) is 17.3. The molecule has 0 saturated heterocycles. The number of carbonyl (C=O) groups is 1. The third-order valence-electron chi connectivity index (χ3n) is 3.11. The van der Waals surface area contributed by atoms with E-state index in [2.05, 4.69) is 10.2 Å². The Morgan fingerprint density at radius 2 is 1.60 bits per heavy atom. The zero-order valence-corrected chi connectivity index (χ0v) is 15.3. The monoisotopic (exact) mass is 362 g/mol. The van der Waals surface area contributed by atoms with E-state index >= 15 is 0 Å². The van der Waals surface area contributed by atoms with Crippen LogP contribution in [0.25, 0.3) is 0 Å². The van der Waals surface area contributed by atoms with Gasteiger partial charge in [-0.1, -0.05) is 30.3 Å². The molecule has 0 spiro atoms. The molecule has 0 atom stereocenters. The van der Waals surface area contributed by atoms with Crippen molar-refractivity contribution >= 4 is 15.9 Å². The van der Waals surface area contributed by atoms with Gasteiger partial charge in [-0.15, -0.1) is 0 Å². The molecule has 0 aliphatic rings. The lowest BCUT2D eigenvalue weighted by atomic mass is 10.1. The van der Waals surface area contributed by atoms with Gasteiger partial charge in [-0.2, -0.15) is 0 Å². The molecule has 2 N–H and O–H groups in total. The highest BCUT2D eigenvalue weighted by Crippen LogP contribution is 2.14. The van der Waals surface area contributed by atoms with E-state index in [0.29, 0.717) is 5.56 Å². The summed E-state index contributed by atoms with van der Waals surface area (Å²) in [7, 11) is -3.63. The Balaban J connectivity index is 1.96. The van der Waals surface area contributed by atoms with Crippen molar-refractivity contribution in [3.8, 4) is 0 Å². The van der Waals surface area contributed by atoms with Crippen LogP contribution in [0.1, 0.15) is 36.7 Å². The molecule has 2 rings (SSSR count). The predicted molar refractivity (Wildman–Crippen MR) is 95.2 cm³/mol. The van der Waals surface area contributed by atoms with Gasteiger partial charge in [0.25, 0.3) is 5.91 Å². The zero-order chi connectivity index (χ0) is 18.5. The van der Waals surface area contributed by atoms with Gasteiger partial charge in [-0.25, -0.2) is 18.6 Å². The average molecular weight is 362 g/mol. The van der Waals surface area contributed by atoms with Gasteiger partial charge in [0.05, 0.1) is 11.5 Å². The van der Waals surface area contributed by atoms with Crippen LogP contribution in [0.2, 0.25) is 0 Å². The van der Waals surface area contributed by atoms with Crippen LogP contribution in [0, 0.1) is 0 Å². The summed E-state index contributed by atoms with van der Waals surface area (Å²) in [6.45, 7) is 5.53. The lowest BCUT2D eigenvalue weighted by Gasteiger charge is -2.20. The van der Waals surface area contributed by atoms with Crippen molar-refractivity contribution in [2.75, 3.05) is 0 Å². The van der Waals surface area contributed by atoms with Crippen LogP contribution in [0.5, 0.6) is 0 Å². The quantitative estimate of drug-likeness (QED) is 0.774. The third-order valence-corrected chi connectivity index (χ3v) is 4.89. The number of sulfonamides is 1. The van der Waals surface area contributed by atoms with Gasteiger partial charge in [0, 0.05) is 11.1 Å². The van der Waals surface area contributed by atoms with Crippen LogP contribution in [0.3, 0.4) is 0 Å². The van der Waals surface area contributed by atoms with Crippen LogP contribution in [-0.2, 0) is 21.5 Å². The first kappa shape index (κ1) is 19.1. The molecule has 0 heterocycles. The van der Waals surface area contributed by atoms with E-state index in [-0.39, 0.29) is 11.5 Å². The fraction of sp³-hybridized carbons (Fsp3) is 0.278. The van der Waals surface area contributed by atoms with Crippen LogP contribution < -0.4 is 10.2 Å². The zero-order valence-electron chi connectivity index (χ0n) is 14.4. The van der Waals surface area contributed by atoms with Crippen molar-refractivity contribution in [1.29, 1.82) is 0 Å². The fourth-order valence-electron chi connectivity index (χ4n) is 2.07. The van der Waals surface area contributed by atoms with Crippen LogP contribution >= 0.6 is 0 Å². The van der Waals surface area contributed by atoms with Gasteiger partial charge >= 0.3 is 0 Å². The second-order valence-electron chi connectivity index (χ2n) is 6.59. The molecular formula is C18H22N2O4S. The topological polar surface area (TPSA) is 84.5 Å². The third kappa shape index (κ3) is 5.97. The normalized spacial score (nSPS) is 12.0. The minimum absolute atomic E-state index is 0.101. The maximum Gasteiger partial charge on any atom is 0.274 e. The number of hydrogen-bond donors (Lipinski definition) is 2. The molecule has 0 saturated carbocycles. The molecule has 0 radical (unpaired) electrons. The first-order valence-corrected chi connectivity index (χ1v) is 9.26. The number of hydroxylamine groups is 1. The molecule has 2 aromatic rings. The van der Waals surface area contributed by atoms with Crippen molar-refractivity contribution in [2.45, 2.75) is 37.8 Å². The highest BCUT2D eigenvalue weighted by molar-refractivity contribution is 7.89. The number of benzene rings is 2. The molecule has 0 fully saturated rings. The molecule has 0 aliphatic carbocycles. The minimum atomic E-state index is -3.63. The summed E-state index contributed by atoms with van der Waals surface area (Å²) in [6, 6.07) is 15.1. The van der Waals surface area contributed by atoms with Crippen molar-refractivity contribution in [3.63, 3.8) is 0 Å². The first-order chi connectivity index (χ1) is 11.7. The lowest BCUT2D eigenvalue weighted by Crippen LogP contribution is -2.40. The van der Waals surface area contributed by atoms with Gasteiger partial charge in [-0.3, -0.25) is 9.63 Å². The number of carbonyl (C=O) groups excluding carboxylic acids is 1. The number of nitrogens with one attached hydrogen (secondary N) is 2. The van der Waals surface area contributed by atoms with Crippen LogP contribution in [0.15, 0.2) is 59.5 Å². The summed E-state index contributed by atoms with van der Waals surface area (Å²) < 4.78 is 27.0. The van der Waals surface area contributed by atoms with Gasteiger partial charge in [0.2, 0.25) is 10.0 Å². The van der Waals surface area contributed by atoms with Gasteiger partial charge < -0.3 is 0 Å². The molecule has 2 aromatic carbocycles. The average Bonchev–Trinajstić information content (AvgIpc) is 2.54. The van der Waals surface area contributed by atoms with E-state index in [1.54, 1.807) is 20.8 Å². The molecule has 0 aromatic heterocycles. The largest absolute Gasteiger partial charge is 0.274 e. The predicted octanol–water partition coefficient (Wildman–Crippen LogP) is 2.63. The van der Waals surface area contributed by atoms with Crippen LogP contribution in [0.4, 0.5) is 0 Å². The second kappa shape index (κ2) is 7.77. The summed E-state index contributed by atoms with van der Waals surface area (Å²) in [6.07, 6.45) is 0. The molecule has 25 heavy (non-hydrogen) atoms. The Labute approximate surface area is 148 Å². The molecular weight excluding hydrogens is 340 g/mol. The van der Waals surface area contributed by atoms with Crippen LogP contribution in [-0.4, -0.2) is 19.9 Å². The van der Waals surface area contributed by atoms with Crippen molar-refractivity contribution < 1.29 is 18.0 Å². The molecule has 1 amide bonds. The van der Waals surface area contributed by atoms with Gasteiger partial charge in [0.1, 0.15) is 0 Å². The molecule has 0 aliphatic heterocycles. The first-order valence-electron chi connectivity index (χ1n) is 7.77. The molecule has 0 bridgehead atoms. The van der Waals surface area contributed by atoms with Crippen molar-refractivity contribution in [2.24, 2.45) is 0 Å². The highest BCUT2D eigenvalue weighted by Gasteiger charge is 2.22. The molecule has 134 valence electrons. The summed E-state index contributed by atoms with van der Waals surface area (Å²) in [5.41, 5.74) is 2.99. The van der Waals surface area contributed by atoms with E-state index < -0.39 is 21.5 Å². The maximum absolute atomic E-state index is 12.2. The van der Waals surface area contributed by atoms with Gasteiger partial charge in [-0.05, 0) is 50.6 Å². The Bertz CT molecular complexity index is 810. The molecule has 6 nitrogen and oxygen atoms in total. The van der Waals surface area contributed by atoms with E-state index in [9.17, 15) is 13.2 Å². The van der Waals surface area contributed by atoms with E-state index in [1.165, 1.54) is 24.3 Å². The van der Waals surface area contributed by atoms with E-state index in [1.807, 2.05) is 30.3 Å². The highest BCUT2D eigenvalue weighted by atomic mass is 32.2. The van der Waals surface area contributed by atoms with E-state index in [0.717, 1.165) is 5.56 Å². The smallest absolute Gasteiger partial charge is 0.269 e. The summed E-state index contributed by atoms with van der Waals surface area (Å²) in [5.74, 6) is -0.441. The molecule has 7 heteroatoms. The number of rotatable bonds is 6. The Kier molecular flexibility index (Phi) is 5.94. The standard InChI is InChI=1S/C18H22N2O4S/c1-18(2,3)20-25(22,23)16-11-9-15(10-12-16)17(21)19-24-13-14-7-5-4-6-8-14/h4-12,20H,13H2,1-3H3,(H,19,21). The molecule has 0 unspecified atom stereocenters. The van der Waals surface area contributed by atoms with Gasteiger partial charge in [0.15, 0.2) is 0 Å². The Morgan fingerprint density at radius 1 is 1.00 bits per heavy atom. The van der Waals surface area contributed by atoms with E-state index in [4.69, 9.17) is 4.84 Å². The maximum atomic E-state index is 12.2. The Morgan fingerprint density at radius 3 is 2.16 bits per heavy atom. The minimum Gasteiger partial charge on any atom is -0.269 e. The summed E-state index contributed by atoms with van der Waals surface area (Å²) >= 11 is 0. The summed E-state index contributed by atoms with van der Waals surface area (Å²) in [5, 5.41) is 0. The number of hydrogen-bond acceptors (Lipinski definition) is 4. The second-order valence-corrected chi connectivity index (χ2v) is 8.27.